The van der Waals surface area contributed by atoms with Crippen LogP contribution in [-0.2, 0) is 18.3 Å². The predicted octanol–water partition coefficient (Wildman–Crippen LogP) is 2.17. The lowest BCUT2D eigenvalue weighted by Gasteiger charge is -2.01. The second-order valence-corrected chi connectivity index (χ2v) is 4.99. The van der Waals surface area contributed by atoms with E-state index in [9.17, 15) is 4.79 Å². The van der Waals surface area contributed by atoms with Crippen LogP contribution in [0.15, 0.2) is 45.9 Å². The number of fused-ring (bicyclic) bond motifs is 1. The zero-order chi connectivity index (χ0) is 15.5. The van der Waals surface area contributed by atoms with Crippen LogP contribution in [0.4, 0.5) is 0 Å². The van der Waals surface area contributed by atoms with Crippen LogP contribution in [0.25, 0.3) is 11.0 Å². The van der Waals surface area contributed by atoms with E-state index in [0.717, 1.165) is 16.8 Å². The molecule has 0 bridgehead atoms. The first-order valence-corrected chi connectivity index (χ1v) is 6.92. The number of imidazole rings is 1. The topological polar surface area (TPSA) is 72.4 Å². The average molecular weight is 296 g/mol. The first kappa shape index (κ1) is 14.1. The van der Waals surface area contributed by atoms with Crippen LogP contribution in [0.5, 0.6) is 0 Å². The summed E-state index contributed by atoms with van der Waals surface area (Å²) in [6, 6.07) is 11.4. The molecule has 2 aromatic heterocycles. The van der Waals surface area contributed by atoms with Gasteiger partial charge in [0.25, 0.3) is 0 Å². The minimum Gasteiger partial charge on any atom is -0.460 e. The SMILES string of the molecule is Cc1ccc(/C=N/NC(=O)Cc2nc3ccccc3n2C)o1. The summed E-state index contributed by atoms with van der Waals surface area (Å²) in [5.74, 6) is 1.87. The molecule has 1 N–H and O–H groups in total. The number of rotatable bonds is 4. The maximum absolute atomic E-state index is 11.9. The summed E-state index contributed by atoms with van der Waals surface area (Å²) in [6.45, 7) is 1.85. The van der Waals surface area contributed by atoms with Crippen molar-refractivity contribution in [2.45, 2.75) is 13.3 Å². The fourth-order valence-electron chi connectivity index (χ4n) is 2.23. The van der Waals surface area contributed by atoms with Gasteiger partial charge in [0.2, 0.25) is 5.91 Å². The number of hydrogen-bond acceptors (Lipinski definition) is 4. The lowest BCUT2D eigenvalue weighted by Crippen LogP contribution is -2.21. The smallest absolute Gasteiger partial charge is 0.247 e. The number of aromatic nitrogens is 2. The van der Waals surface area contributed by atoms with Gasteiger partial charge in [-0.1, -0.05) is 12.1 Å². The van der Waals surface area contributed by atoms with Crippen molar-refractivity contribution in [3.63, 3.8) is 0 Å². The maximum Gasteiger partial charge on any atom is 0.247 e. The minimum absolute atomic E-state index is 0.166. The van der Waals surface area contributed by atoms with Gasteiger partial charge in [-0.15, -0.1) is 0 Å². The average Bonchev–Trinajstić information content (AvgIpc) is 3.04. The Bertz CT molecular complexity index is 845. The van der Waals surface area contributed by atoms with Crippen molar-refractivity contribution in [3.05, 3.63) is 53.7 Å². The summed E-state index contributed by atoms with van der Waals surface area (Å²) in [4.78, 5) is 16.4. The van der Waals surface area contributed by atoms with Gasteiger partial charge in [-0.2, -0.15) is 5.10 Å². The van der Waals surface area contributed by atoms with Crippen LogP contribution < -0.4 is 5.43 Å². The Morgan fingerprint density at radius 2 is 2.18 bits per heavy atom. The largest absolute Gasteiger partial charge is 0.460 e. The first-order valence-electron chi connectivity index (χ1n) is 6.92. The molecule has 0 saturated carbocycles. The van der Waals surface area contributed by atoms with Crippen LogP contribution >= 0.6 is 0 Å². The Labute approximate surface area is 127 Å². The molecule has 0 aliphatic rings. The van der Waals surface area contributed by atoms with Crippen LogP contribution in [0.3, 0.4) is 0 Å². The molecule has 3 aromatic rings. The van der Waals surface area contributed by atoms with E-state index in [1.807, 2.05) is 48.9 Å². The van der Waals surface area contributed by atoms with Gasteiger partial charge in [0.15, 0.2) is 0 Å². The predicted molar refractivity (Wildman–Crippen MR) is 83.6 cm³/mol. The number of nitrogens with zero attached hydrogens (tertiary/aromatic N) is 3. The Morgan fingerprint density at radius 3 is 2.91 bits per heavy atom. The molecular weight excluding hydrogens is 280 g/mol. The van der Waals surface area contributed by atoms with E-state index in [2.05, 4.69) is 15.5 Å². The number of benzene rings is 1. The quantitative estimate of drug-likeness (QED) is 0.592. The van der Waals surface area contributed by atoms with Gasteiger partial charge >= 0.3 is 0 Å². The number of amides is 1. The highest BCUT2D eigenvalue weighted by Crippen LogP contribution is 2.14. The molecule has 0 aliphatic carbocycles. The van der Waals surface area contributed by atoms with Gasteiger partial charge in [-0.25, -0.2) is 10.4 Å². The first-order chi connectivity index (χ1) is 10.6. The third kappa shape index (κ3) is 2.90. The van der Waals surface area contributed by atoms with Crippen LogP contribution in [0.1, 0.15) is 17.3 Å². The van der Waals surface area contributed by atoms with Gasteiger partial charge in [0.1, 0.15) is 17.3 Å². The number of para-hydroxylation sites is 2. The lowest BCUT2D eigenvalue weighted by atomic mass is 10.3. The van der Waals surface area contributed by atoms with E-state index in [4.69, 9.17) is 4.42 Å². The third-order valence-corrected chi connectivity index (χ3v) is 3.34. The molecule has 0 aliphatic heterocycles. The third-order valence-electron chi connectivity index (χ3n) is 3.34. The van der Waals surface area contributed by atoms with E-state index in [1.165, 1.54) is 6.21 Å². The fraction of sp³-hybridized carbons (Fsp3) is 0.188. The molecule has 0 fully saturated rings. The van der Waals surface area contributed by atoms with Crippen molar-refractivity contribution in [3.8, 4) is 0 Å². The van der Waals surface area contributed by atoms with Crippen molar-refractivity contribution in [1.82, 2.24) is 15.0 Å². The molecular formula is C16H16N4O2. The number of nitrogens with one attached hydrogen (secondary N) is 1. The monoisotopic (exact) mass is 296 g/mol. The van der Waals surface area contributed by atoms with Gasteiger partial charge in [-0.3, -0.25) is 4.79 Å². The summed E-state index contributed by atoms with van der Waals surface area (Å²) >= 11 is 0. The summed E-state index contributed by atoms with van der Waals surface area (Å²) in [6.07, 6.45) is 1.64. The van der Waals surface area contributed by atoms with E-state index < -0.39 is 0 Å². The molecule has 0 unspecified atom stereocenters. The van der Waals surface area contributed by atoms with Crippen molar-refractivity contribution in [2.24, 2.45) is 12.1 Å². The van der Waals surface area contributed by atoms with E-state index in [1.54, 1.807) is 6.07 Å². The standard InChI is InChI=1S/C16H16N4O2/c1-11-7-8-12(22-11)10-17-19-16(21)9-15-18-13-5-3-4-6-14(13)20(15)2/h3-8,10H,9H2,1-2H3,(H,19,21)/b17-10+. The minimum atomic E-state index is -0.224. The van der Waals surface area contributed by atoms with Crippen molar-refractivity contribution >= 4 is 23.2 Å². The van der Waals surface area contributed by atoms with E-state index >= 15 is 0 Å². The number of carbonyl (C=O) groups is 1. The Hall–Kier alpha value is -2.89. The fourth-order valence-corrected chi connectivity index (χ4v) is 2.23. The molecule has 112 valence electrons. The molecule has 0 atom stereocenters. The van der Waals surface area contributed by atoms with Gasteiger partial charge in [0, 0.05) is 7.05 Å². The highest BCUT2D eigenvalue weighted by atomic mass is 16.3. The summed E-state index contributed by atoms with van der Waals surface area (Å²) in [5, 5.41) is 3.88. The Morgan fingerprint density at radius 1 is 1.36 bits per heavy atom. The Kier molecular flexibility index (Phi) is 3.74. The molecule has 2 heterocycles. The number of carbonyl (C=O) groups excluding carboxylic acids is 1. The lowest BCUT2D eigenvalue weighted by molar-refractivity contribution is -0.120. The Balaban J connectivity index is 1.65. The highest BCUT2D eigenvalue weighted by molar-refractivity contribution is 5.82. The highest BCUT2D eigenvalue weighted by Gasteiger charge is 2.10. The van der Waals surface area contributed by atoms with Gasteiger partial charge < -0.3 is 8.98 Å². The number of hydrogen-bond donors (Lipinski definition) is 1. The number of aryl methyl sites for hydroxylation is 2. The van der Waals surface area contributed by atoms with Gasteiger partial charge in [0.05, 0.1) is 23.7 Å². The molecule has 22 heavy (non-hydrogen) atoms. The molecule has 3 rings (SSSR count). The van der Waals surface area contributed by atoms with Crippen molar-refractivity contribution < 1.29 is 9.21 Å². The molecule has 0 saturated heterocycles. The summed E-state index contributed by atoms with van der Waals surface area (Å²) in [7, 11) is 1.90. The zero-order valence-corrected chi connectivity index (χ0v) is 12.4. The molecule has 6 nitrogen and oxygen atoms in total. The summed E-state index contributed by atoms with van der Waals surface area (Å²) in [5.41, 5.74) is 4.35. The van der Waals surface area contributed by atoms with Crippen molar-refractivity contribution in [2.75, 3.05) is 0 Å². The maximum atomic E-state index is 11.9. The normalized spacial score (nSPS) is 11.4. The molecule has 1 amide bonds. The summed E-state index contributed by atoms with van der Waals surface area (Å²) < 4.78 is 7.24. The van der Waals surface area contributed by atoms with E-state index in [0.29, 0.717) is 11.6 Å². The van der Waals surface area contributed by atoms with Crippen LogP contribution in [0.2, 0.25) is 0 Å². The molecule has 1 aromatic carbocycles. The second-order valence-electron chi connectivity index (χ2n) is 4.99. The van der Waals surface area contributed by atoms with Crippen LogP contribution in [-0.4, -0.2) is 21.7 Å². The van der Waals surface area contributed by atoms with Crippen LogP contribution in [0, 0.1) is 6.92 Å². The van der Waals surface area contributed by atoms with Gasteiger partial charge in [-0.05, 0) is 31.2 Å². The van der Waals surface area contributed by atoms with E-state index in [-0.39, 0.29) is 12.3 Å². The molecule has 0 radical (unpaired) electrons. The molecule has 6 heteroatoms. The molecule has 0 spiro atoms. The second kappa shape index (κ2) is 5.85. The van der Waals surface area contributed by atoms with Crippen molar-refractivity contribution in [1.29, 1.82) is 0 Å². The zero-order valence-electron chi connectivity index (χ0n) is 12.4. The number of hydrazone groups is 1. The number of furan rings is 1.